The maximum Gasteiger partial charge on any atom is 0.254 e. The van der Waals surface area contributed by atoms with E-state index in [9.17, 15) is 14.0 Å². The Kier molecular flexibility index (Phi) is 9.31. The molecule has 41 heavy (non-hydrogen) atoms. The Hall–Kier alpha value is -3.75. The molecule has 2 atom stereocenters. The summed E-state index contributed by atoms with van der Waals surface area (Å²) in [5, 5.41) is 3.35. The lowest BCUT2D eigenvalue weighted by Crippen LogP contribution is -2.48. The number of carbonyl (C=O) groups excluding carboxylic acids is 2. The summed E-state index contributed by atoms with van der Waals surface area (Å²) in [5.41, 5.74) is 3.85. The summed E-state index contributed by atoms with van der Waals surface area (Å²) in [6.07, 6.45) is 1.41. The number of nitrogens with one attached hydrogen (secondary N) is 1. The maximum absolute atomic E-state index is 14.0. The Morgan fingerprint density at radius 2 is 1.73 bits per heavy atom. The molecule has 7 nitrogen and oxygen atoms in total. The van der Waals surface area contributed by atoms with E-state index in [0.29, 0.717) is 44.7 Å². The Morgan fingerprint density at radius 1 is 0.976 bits per heavy atom. The second-order valence-electron chi connectivity index (χ2n) is 11.0. The van der Waals surface area contributed by atoms with Gasteiger partial charge in [0.05, 0.1) is 7.11 Å². The van der Waals surface area contributed by atoms with Gasteiger partial charge in [-0.05, 0) is 73.8 Å². The fourth-order valence-corrected chi connectivity index (χ4v) is 5.82. The zero-order valence-electron chi connectivity index (χ0n) is 23.9. The minimum atomic E-state index is -0.582. The molecule has 2 aliphatic rings. The number of aryl methyl sites for hydroxylation is 1. The molecule has 2 heterocycles. The monoisotopic (exact) mass is 558 g/mol. The van der Waals surface area contributed by atoms with Crippen LogP contribution in [0.15, 0.2) is 72.8 Å². The number of amides is 2. The molecule has 3 aromatic carbocycles. The molecular weight excluding hydrogens is 519 g/mol. The minimum absolute atomic E-state index is 0.0108. The van der Waals surface area contributed by atoms with Crippen molar-refractivity contribution in [2.24, 2.45) is 0 Å². The fourth-order valence-electron chi connectivity index (χ4n) is 5.82. The van der Waals surface area contributed by atoms with E-state index in [2.05, 4.69) is 47.5 Å². The van der Waals surface area contributed by atoms with Crippen LogP contribution in [-0.2, 0) is 17.9 Å². The van der Waals surface area contributed by atoms with Gasteiger partial charge in [0, 0.05) is 50.9 Å². The van der Waals surface area contributed by atoms with Crippen molar-refractivity contribution in [2.45, 2.75) is 44.9 Å². The summed E-state index contributed by atoms with van der Waals surface area (Å²) in [7, 11) is 1.66. The lowest BCUT2D eigenvalue weighted by Gasteiger charge is -2.29. The molecule has 0 spiro atoms. The van der Waals surface area contributed by atoms with Crippen LogP contribution in [0.5, 0.6) is 5.75 Å². The first-order valence-electron chi connectivity index (χ1n) is 14.4. The first kappa shape index (κ1) is 28.8. The molecule has 2 amide bonds. The van der Waals surface area contributed by atoms with Crippen LogP contribution >= 0.6 is 0 Å². The zero-order chi connectivity index (χ0) is 28.8. The Balaban J connectivity index is 1.45. The Labute approximate surface area is 241 Å². The molecule has 2 unspecified atom stereocenters. The number of benzene rings is 3. The van der Waals surface area contributed by atoms with Gasteiger partial charge in [0.15, 0.2) is 0 Å². The predicted molar refractivity (Wildman–Crippen MR) is 157 cm³/mol. The van der Waals surface area contributed by atoms with Crippen LogP contribution in [0, 0.1) is 12.7 Å². The van der Waals surface area contributed by atoms with Crippen molar-refractivity contribution in [3.05, 3.63) is 101 Å². The van der Waals surface area contributed by atoms with Crippen LogP contribution in [0.3, 0.4) is 0 Å². The number of halogens is 1. The second-order valence-corrected chi connectivity index (χ2v) is 11.0. The summed E-state index contributed by atoms with van der Waals surface area (Å²) in [5.74, 6) is 0.145. The molecule has 3 aromatic rings. The van der Waals surface area contributed by atoms with E-state index in [-0.39, 0.29) is 17.9 Å². The Morgan fingerprint density at radius 3 is 2.49 bits per heavy atom. The summed E-state index contributed by atoms with van der Waals surface area (Å²) in [4.78, 5) is 33.8. The summed E-state index contributed by atoms with van der Waals surface area (Å²) < 4.78 is 19.1. The van der Waals surface area contributed by atoms with Gasteiger partial charge in [0.1, 0.15) is 17.6 Å². The molecule has 216 valence electrons. The highest BCUT2D eigenvalue weighted by molar-refractivity contribution is 5.98. The molecule has 0 saturated carbocycles. The molecule has 8 heteroatoms. The van der Waals surface area contributed by atoms with E-state index >= 15 is 0 Å². The standard InChI is InChI=1S/C33H39FN4O3/c1-24-7-9-25(10-8-24)21-37(22-26-5-3-6-30(19-26)41-2)29-20-31(33(40)36-17-4-15-35-16-18-36)38(23-29)32(39)27-11-13-28(34)14-12-27/h3,5-14,19,29,31,35H,4,15-18,20-23H2,1-2H3. The third kappa shape index (κ3) is 7.13. The van der Waals surface area contributed by atoms with E-state index < -0.39 is 11.9 Å². The van der Waals surface area contributed by atoms with E-state index in [0.717, 1.165) is 30.8 Å². The second kappa shape index (κ2) is 13.3. The van der Waals surface area contributed by atoms with Crippen LogP contribution in [0.25, 0.3) is 0 Å². The third-order valence-corrected chi connectivity index (χ3v) is 8.11. The molecule has 5 rings (SSSR count). The molecule has 0 radical (unpaired) electrons. The van der Waals surface area contributed by atoms with E-state index in [1.54, 1.807) is 12.0 Å². The summed E-state index contributed by atoms with van der Waals surface area (Å²) >= 11 is 0. The lowest BCUT2D eigenvalue weighted by atomic mass is 10.1. The van der Waals surface area contributed by atoms with Gasteiger partial charge in [-0.1, -0.05) is 42.0 Å². The topological polar surface area (TPSA) is 65.1 Å². The summed E-state index contributed by atoms with van der Waals surface area (Å²) in [6, 6.07) is 21.5. The van der Waals surface area contributed by atoms with E-state index in [1.807, 2.05) is 23.1 Å². The molecule has 0 aromatic heterocycles. The third-order valence-electron chi connectivity index (χ3n) is 8.11. The van der Waals surface area contributed by atoms with Gasteiger partial charge in [0.25, 0.3) is 5.91 Å². The minimum Gasteiger partial charge on any atom is -0.497 e. The van der Waals surface area contributed by atoms with Crippen molar-refractivity contribution in [1.29, 1.82) is 0 Å². The number of hydrogen-bond donors (Lipinski definition) is 1. The van der Waals surface area contributed by atoms with Crippen molar-refractivity contribution in [1.82, 2.24) is 20.0 Å². The van der Waals surface area contributed by atoms with Gasteiger partial charge in [-0.25, -0.2) is 4.39 Å². The number of hydrogen-bond acceptors (Lipinski definition) is 5. The summed E-state index contributed by atoms with van der Waals surface area (Å²) in [6.45, 7) is 6.70. The van der Waals surface area contributed by atoms with Crippen LogP contribution in [0.4, 0.5) is 4.39 Å². The predicted octanol–water partition coefficient (Wildman–Crippen LogP) is 4.25. The molecule has 1 N–H and O–H groups in total. The van der Waals surface area contributed by atoms with Gasteiger partial charge in [-0.3, -0.25) is 14.5 Å². The van der Waals surface area contributed by atoms with Crippen molar-refractivity contribution >= 4 is 11.8 Å². The van der Waals surface area contributed by atoms with Crippen molar-refractivity contribution in [2.75, 3.05) is 39.8 Å². The number of carbonyl (C=O) groups is 2. The average Bonchev–Trinajstić information content (AvgIpc) is 3.25. The van der Waals surface area contributed by atoms with E-state index in [4.69, 9.17) is 4.74 Å². The van der Waals surface area contributed by atoms with Crippen LogP contribution < -0.4 is 10.1 Å². The number of rotatable bonds is 8. The molecular formula is C33H39FN4O3. The van der Waals surface area contributed by atoms with Crippen LogP contribution in [0.2, 0.25) is 0 Å². The molecule has 2 aliphatic heterocycles. The highest BCUT2D eigenvalue weighted by Gasteiger charge is 2.43. The van der Waals surface area contributed by atoms with Crippen LogP contribution in [-0.4, -0.2) is 78.4 Å². The largest absolute Gasteiger partial charge is 0.497 e. The number of methoxy groups -OCH3 is 1. The van der Waals surface area contributed by atoms with Crippen molar-refractivity contribution < 1.29 is 18.7 Å². The van der Waals surface area contributed by atoms with Gasteiger partial charge in [-0.2, -0.15) is 0 Å². The number of ether oxygens (including phenoxy) is 1. The average molecular weight is 559 g/mol. The number of likely N-dealkylation sites (tertiary alicyclic amines) is 1. The lowest BCUT2D eigenvalue weighted by molar-refractivity contribution is -0.135. The highest BCUT2D eigenvalue weighted by Crippen LogP contribution is 2.29. The first-order chi connectivity index (χ1) is 19.9. The SMILES string of the molecule is COc1cccc(CN(Cc2ccc(C)cc2)C2CC(C(=O)N3CCCNCC3)N(C(=O)c3ccc(F)cc3)C2)c1. The van der Waals surface area contributed by atoms with Gasteiger partial charge in [0.2, 0.25) is 5.91 Å². The Bertz CT molecular complexity index is 1320. The zero-order valence-corrected chi connectivity index (χ0v) is 23.9. The van der Waals surface area contributed by atoms with Crippen molar-refractivity contribution in [3.63, 3.8) is 0 Å². The number of nitrogens with zero attached hydrogens (tertiary/aromatic N) is 3. The van der Waals surface area contributed by atoms with Gasteiger partial charge in [-0.15, -0.1) is 0 Å². The van der Waals surface area contributed by atoms with Gasteiger partial charge < -0.3 is 19.9 Å². The maximum atomic E-state index is 14.0. The first-order valence-corrected chi connectivity index (χ1v) is 14.4. The highest BCUT2D eigenvalue weighted by atomic mass is 19.1. The fraction of sp³-hybridized carbons (Fsp3) is 0.394. The molecule has 2 saturated heterocycles. The molecule has 0 aliphatic carbocycles. The van der Waals surface area contributed by atoms with Gasteiger partial charge >= 0.3 is 0 Å². The molecule has 2 fully saturated rings. The normalized spacial score (nSPS) is 19.3. The van der Waals surface area contributed by atoms with Crippen molar-refractivity contribution in [3.8, 4) is 5.75 Å². The molecule has 0 bridgehead atoms. The van der Waals surface area contributed by atoms with Crippen LogP contribution in [0.1, 0.15) is 39.9 Å². The van der Waals surface area contributed by atoms with E-state index in [1.165, 1.54) is 35.4 Å². The quantitative estimate of drug-likeness (QED) is 0.448. The smallest absolute Gasteiger partial charge is 0.254 e.